The Balaban J connectivity index is 0.00000145. The molecule has 1 aromatic rings. The van der Waals surface area contributed by atoms with Crippen molar-refractivity contribution >= 4 is 20.6 Å². The number of hydrogen-bond acceptors (Lipinski definition) is 6. The van der Waals surface area contributed by atoms with E-state index in [2.05, 4.69) is 5.32 Å². The molecule has 9 heteroatoms. The predicted molar refractivity (Wildman–Crippen MR) is 110 cm³/mol. The van der Waals surface area contributed by atoms with E-state index in [9.17, 15) is 9.59 Å². The molecule has 29 heavy (non-hydrogen) atoms. The van der Waals surface area contributed by atoms with Crippen LogP contribution in [0.15, 0.2) is 36.0 Å². The van der Waals surface area contributed by atoms with E-state index < -0.39 is 14.6 Å². The zero-order chi connectivity index (χ0) is 21.4. The lowest BCUT2D eigenvalue weighted by atomic mass is 10.2. The van der Waals surface area contributed by atoms with Gasteiger partial charge in [0.15, 0.2) is 0 Å². The van der Waals surface area contributed by atoms with Crippen LogP contribution in [0.1, 0.15) is 50.9 Å². The lowest BCUT2D eigenvalue weighted by molar-refractivity contribution is -0.0338. The number of hydrogen-bond donors (Lipinski definition) is 1. The minimum Gasteiger partial charge on any atom is -0.417 e. The zero-order valence-electron chi connectivity index (χ0n) is 17.5. The number of carbonyl (C=O) groups is 2. The number of urea groups is 1. The summed E-state index contributed by atoms with van der Waals surface area (Å²) in [5, 5.41) is 2.62. The van der Waals surface area contributed by atoms with Gasteiger partial charge in [-0.15, -0.1) is 0 Å². The molecule has 2 heterocycles. The summed E-state index contributed by atoms with van der Waals surface area (Å²) in [6.07, 6.45) is 2.60. The molecule has 8 nitrogen and oxygen atoms in total. The van der Waals surface area contributed by atoms with Crippen molar-refractivity contribution in [2.45, 2.75) is 52.9 Å². The lowest BCUT2D eigenvalue weighted by Gasteiger charge is -2.26. The smallest absolute Gasteiger partial charge is 0.417 e. The van der Waals surface area contributed by atoms with Crippen LogP contribution in [0.2, 0.25) is 0 Å². The number of benzene rings is 1. The molecule has 1 fully saturated rings. The van der Waals surface area contributed by atoms with Crippen LogP contribution in [0.3, 0.4) is 0 Å². The SMILES string of the molecule is CC.CNC(=O)N(C=C(C)C)C1CCC(COP2OC(=O)c3ccccc3O2)O1. The fourth-order valence-corrected chi connectivity index (χ4v) is 3.81. The number of nitrogens with one attached hydrogen (secondary N) is 1. The third-order valence-electron chi connectivity index (χ3n) is 4.04. The fourth-order valence-electron chi connectivity index (χ4n) is 2.82. The van der Waals surface area contributed by atoms with Crippen molar-refractivity contribution in [3.05, 3.63) is 41.6 Å². The number of para-hydroxylation sites is 1. The Bertz CT molecular complexity index is 737. The van der Waals surface area contributed by atoms with Gasteiger partial charge in [-0.3, -0.25) is 9.42 Å². The highest BCUT2D eigenvalue weighted by Crippen LogP contribution is 2.47. The highest BCUT2D eigenvalue weighted by atomic mass is 31.2. The van der Waals surface area contributed by atoms with Crippen molar-refractivity contribution < 1.29 is 27.9 Å². The summed E-state index contributed by atoms with van der Waals surface area (Å²) in [5.74, 6) is 0.00181. The summed E-state index contributed by atoms with van der Waals surface area (Å²) < 4.78 is 22.4. The highest BCUT2D eigenvalue weighted by molar-refractivity contribution is 7.43. The molecule has 0 radical (unpaired) electrons. The summed E-state index contributed by atoms with van der Waals surface area (Å²) >= 11 is 0. The van der Waals surface area contributed by atoms with Gasteiger partial charge in [-0.25, -0.2) is 9.59 Å². The molecule has 0 aromatic heterocycles. The molecule has 2 amide bonds. The van der Waals surface area contributed by atoms with E-state index in [1.807, 2.05) is 27.7 Å². The Morgan fingerprint density at radius 1 is 1.28 bits per heavy atom. The minimum atomic E-state index is -1.81. The first-order chi connectivity index (χ1) is 14.0. The first kappa shape index (κ1) is 23.1. The summed E-state index contributed by atoms with van der Waals surface area (Å²) in [7, 11) is -0.225. The van der Waals surface area contributed by atoms with Gasteiger partial charge in [0.2, 0.25) is 0 Å². The first-order valence-electron chi connectivity index (χ1n) is 9.71. The van der Waals surface area contributed by atoms with Crippen LogP contribution in [0.25, 0.3) is 0 Å². The molecule has 1 saturated heterocycles. The van der Waals surface area contributed by atoms with Gasteiger partial charge in [0.1, 0.15) is 17.5 Å². The number of carbonyl (C=O) groups excluding carboxylic acids is 2. The Labute approximate surface area is 173 Å². The molecular weight excluding hydrogens is 395 g/mol. The van der Waals surface area contributed by atoms with E-state index in [0.717, 1.165) is 12.0 Å². The summed E-state index contributed by atoms with van der Waals surface area (Å²) in [6.45, 7) is 8.05. The van der Waals surface area contributed by atoms with Gasteiger partial charge in [0, 0.05) is 13.2 Å². The Kier molecular flexibility index (Phi) is 8.89. The van der Waals surface area contributed by atoms with Gasteiger partial charge in [0.25, 0.3) is 0 Å². The van der Waals surface area contributed by atoms with Gasteiger partial charge in [0.05, 0.1) is 12.7 Å². The van der Waals surface area contributed by atoms with Crippen molar-refractivity contribution in [3.8, 4) is 5.75 Å². The fraction of sp³-hybridized carbons (Fsp3) is 0.500. The molecule has 0 spiro atoms. The molecule has 1 aromatic carbocycles. The minimum absolute atomic E-state index is 0.213. The normalized spacial score (nSPS) is 22.2. The maximum atomic E-state index is 12.1. The largest absolute Gasteiger partial charge is 0.465 e. The van der Waals surface area contributed by atoms with Crippen molar-refractivity contribution in [1.29, 1.82) is 0 Å². The van der Waals surface area contributed by atoms with Crippen LogP contribution in [0, 0.1) is 0 Å². The third kappa shape index (κ3) is 6.16. The molecule has 2 aliphatic heterocycles. The van der Waals surface area contributed by atoms with Gasteiger partial charge >= 0.3 is 20.6 Å². The van der Waals surface area contributed by atoms with Gasteiger partial charge in [-0.2, -0.15) is 0 Å². The van der Waals surface area contributed by atoms with Crippen molar-refractivity contribution in [2.75, 3.05) is 13.7 Å². The molecule has 2 aliphatic rings. The van der Waals surface area contributed by atoms with E-state index in [1.54, 1.807) is 42.4 Å². The number of ether oxygens (including phenoxy) is 1. The summed E-state index contributed by atoms with van der Waals surface area (Å²) in [6, 6.07) is 6.65. The second-order valence-corrected chi connectivity index (χ2v) is 7.52. The maximum absolute atomic E-state index is 12.1. The van der Waals surface area contributed by atoms with Crippen LogP contribution in [0.5, 0.6) is 5.75 Å². The molecule has 3 rings (SSSR count). The van der Waals surface area contributed by atoms with Gasteiger partial charge < -0.3 is 19.1 Å². The third-order valence-corrected chi connectivity index (χ3v) is 5.06. The van der Waals surface area contributed by atoms with Crippen molar-refractivity contribution in [1.82, 2.24) is 10.2 Å². The molecule has 0 bridgehead atoms. The molecule has 0 aliphatic carbocycles. The molecule has 3 unspecified atom stereocenters. The second-order valence-electron chi connectivity index (χ2n) is 6.44. The second kappa shape index (κ2) is 11.1. The highest BCUT2D eigenvalue weighted by Gasteiger charge is 2.35. The van der Waals surface area contributed by atoms with E-state index >= 15 is 0 Å². The lowest BCUT2D eigenvalue weighted by Crippen LogP contribution is -2.42. The van der Waals surface area contributed by atoms with E-state index in [0.29, 0.717) is 17.7 Å². The van der Waals surface area contributed by atoms with Crippen LogP contribution in [-0.2, 0) is 13.8 Å². The number of amides is 2. The topological polar surface area (TPSA) is 86.3 Å². The van der Waals surface area contributed by atoms with Gasteiger partial charge in [-0.05, 0) is 38.8 Å². The van der Waals surface area contributed by atoms with E-state index in [1.165, 1.54) is 0 Å². The molecule has 1 N–H and O–H groups in total. The quantitative estimate of drug-likeness (QED) is 0.697. The Morgan fingerprint density at radius 2 is 2.00 bits per heavy atom. The van der Waals surface area contributed by atoms with E-state index in [-0.39, 0.29) is 25.0 Å². The molecule has 160 valence electrons. The van der Waals surface area contributed by atoms with Crippen LogP contribution < -0.4 is 9.84 Å². The molecule has 3 atom stereocenters. The van der Waals surface area contributed by atoms with Crippen molar-refractivity contribution in [3.63, 3.8) is 0 Å². The monoisotopic (exact) mass is 424 g/mol. The number of nitrogens with zero attached hydrogens (tertiary/aromatic N) is 1. The van der Waals surface area contributed by atoms with Crippen LogP contribution in [0.4, 0.5) is 4.79 Å². The maximum Gasteiger partial charge on any atom is 0.465 e. The summed E-state index contributed by atoms with van der Waals surface area (Å²) in [4.78, 5) is 25.6. The van der Waals surface area contributed by atoms with Gasteiger partial charge in [-0.1, -0.05) is 31.6 Å². The first-order valence-corrected chi connectivity index (χ1v) is 10.8. The number of allylic oxidation sites excluding steroid dienone is 1. The Hall–Kier alpha value is -2.15. The average molecular weight is 424 g/mol. The summed E-state index contributed by atoms with van der Waals surface area (Å²) in [5.41, 5.74) is 1.38. The van der Waals surface area contributed by atoms with Crippen LogP contribution in [-0.4, -0.2) is 42.9 Å². The Morgan fingerprint density at radius 3 is 2.69 bits per heavy atom. The number of rotatable bonds is 5. The van der Waals surface area contributed by atoms with E-state index in [4.69, 9.17) is 18.3 Å². The zero-order valence-corrected chi connectivity index (χ0v) is 18.4. The molecule has 0 saturated carbocycles. The van der Waals surface area contributed by atoms with Crippen molar-refractivity contribution in [2.24, 2.45) is 0 Å². The molecular formula is C20H29N2O6P. The standard InChI is InChI=1S/C18H23N2O6P.C2H6/c1-12(2)10-20(18(22)19-3)16-9-8-13(24-16)11-23-27-25-15-7-5-4-6-14(15)17(21)26-27;1-2/h4-7,10,13,16H,8-9,11H2,1-3H3,(H,19,22);1-2H3. The number of fused-ring (bicyclic) bond motifs is 1. The average Bonchev–Trinajstić information content (AvgIpc) is 3.20. The predicted octanol–water partition coefficient (Wildman–Crippen LogP) is 4.58. The van der Waals surface area contributed by atoms with Crippen LogP contribution >= 0.6 is 8.60 Å².